The summed E-state index contributed by atoms with van der Waals surface area (Å²) in [5.41, 5.74) is 0.652. The van der Waals surface area contributed by atoms with E-state index < -0.39 is 10.0 Å². The Bertz CT molecular complexity index is 669. The Morgan fingerprint density at radius 1 is 1.32 bits per heavy atom. The van der Waals surface area contributed by atoms with E-state index in [4.69, 9.17) is 16.0 Å². The first kappa shape index (κ1) is 14.0. The van der Waals surface area contributed by atoms with Crippen LogP contribution in [0.5, 0.6) is 0 Å². The molecule has 0 bridgehead atoms. The molecule has 2 rings (SSSR count). The molecule has 0 saturated carbocycles. The van der Waals surface area contributed by atoms with Crippen LogP contribution >= 0.6 is 11.6 Å². The summed E-state index contributed by atoms with van der Waals surface area (Å²) in [7, 11) is -3.21. The van der Waals surface area contributed by atoms with Gasteiger partial charge in [-0.2, -0.15) is 0 Å². The van der Waals surface area contributed by atoms with Crippen LogP contribution in [0.3, 0.4) is 0 Å². The first-order chi connectivity index (χ1) is 8.96. The summed E-state index contributed by atoms with van der Waals surface area (Å²) in [4.78, 5) is 0. The van der Waals surface area contributed by atoms with Crippen molar-refractivity contribution in [2.45, 2.75) is 6.42 Å². The van der Waals surface area contributed by atoms with Gasteiger partial charge in [0, 0.05) is 13.0 Å². The van der Waals surface area contributed by atoms with Crippen molar-refractivity contribution in [2.24, 2.45) is 0 Å². The van der Waals surface area contributed by atoms with Crippen molar-refractivity contribution in [3.05, 3.63) is 35.2 Å². The maximum absolute atomic E-state index is 10.9. The van der Waals surface area contributed by atoms with Gasteiger partial charge in [-0.05, 0) is 12.1 Å². The van der Waals surface area contributed by atoms with Crippen LogP contribution in [0.25, 0.3) is 11.5 Å². The van der Waals surface area contributed by atoms with Gasteiger partial charge in [0.25, 0.3) is 0 Å². The fraction of sp³-hybridized carbons (Fsp3) is 0.273. The summed E-state index contributed by atoms with van der Waals surface area (Å²) in [6.45, 7) is 0.211. The van der Waals surface area contributed by atoms with Gasteiger partial charge < -0.3 is 4.42 Å². The van der Waals surface area contributed by atoms with Crippen molar-refractivity contribution in [2.75, 3.05) is 12.8 Å². The lowest BCUT2D eigenvalue weighted by molar-refractivity contribution is 0.502. The molecule has 2 aromatic rings. The van der Waals surface area contributed by atoms with Gasteiger partial charge in [-0.1, -0.05) is 23.7 Å². The van der Waals surface area contributed by atoms with Crippen LogP contribution in [-0.4, -0.2) is 31.4 Å². The smallest absolute Gasteiger partial charge is 0.249 e. The third-order valence-corrected chi connectivity index (χ3v) is 3.33. The lowest BCUT2D eigenvalue weighted by Gasteiger charge is -1.98. The first-order valence-electron chi connectivity index (χ1n) is 5.47. The molecule has 8 heteroatoms. The third-order valence-electron chi connectivity index (χ3n) is 2.27. The average molecular weight is 302 g/mol. The highest BCUT2D eigenvalue weighted by atomic mass is 35.5. The van der Waals surface area contributed by atoms with Crippen molar-refractivity contribution in [1.82, 2.24) is 14.9 Å². The second-order valence-electron chi connectivity index (χ2n) is 3.90. The molecule has 0 aliphatic carbocycles. The largest absolute Gasteiger partial charge is 0.421 e. The molecule has 102 valence electrons. The number of halogens is 1. The van der Waals surface area contributed by atoms with Crippen molar-refractivity contribution in [1.29, 1.82) is 0 Å². The van der Waals surface area contributed by atoms with Crippen LogP contribution < -0.4 is 4.72 Å². The summed E-state index contributed by atoms with van der Waals surface area (Å²) < 4.78 is 29.6. The maximum atomic E-state index is 10.9. The maximum Gasteiger partial charge on any atom is 0.249 e. The lowest BCUT2D eigenvalue weighted by Crippen LogP contribution is -2.24. The van der Waals surface area contributed by atoms with Crippen LogP contribution in [0.1, 0.15) is 5.89 Å². The van der Waals surface area contributed by atoms with Crippen molar-refractivity contribution >= 4 is 21.6 Å². The topological polar surface area (TPSA) is 85.1 Å². The number of aromatic nitrogens is 2. The molecule has 19 heavy (non-hydrogen) atoms. The molecule has 0 fully saturated rings. The van der Waals surface area contributed by atoms with Gasteiger partial charge in [0.2, 0.25) is 21.8 Å². The van der Waals surface area contributed by atoms with Crippen LogP contribution in [0.2, 0.25) is 5.02 Å². The van der Waals surface area contributed by atoms with E-state index in [0.717, 1.165) is 6.26 Å². The summed E-state index contributed by atoms with van der Waals surface area (Å²) in [6, 6.07) is 7.12. The number of nitrogens with one attached hydrogen (secondary N) is 1. The second-order valence-corrected chi connectivity index (χ2v) is 6.14. The Hall–Kier alpha value is -1.44. The minimum atomic E-state index is -3.21. The predicted molar refractivity (Wildman–Crippen MR) is 71.3 cm³/mol. The van der Waals surface area contributed by atoms with Crippen LogP contribution in [0.4, 0.5) is 0 Å². The molecule has 1 heterocycles. The molecule has 0 spiro atoms. The van der Waals surface area contributed by atoms with Gasteiger partial charge in [0.15, 0.2) is 0 Å². The van der Waals surface area contributed by atoms with Crippen LogP contribution in [0.15, 0.2) is 28.7 Å². The number of rotatable bonds is 5. The highest BCUT2D eigenvalue weighted by molar-refractivity contribution is 7.88. The van der Waals surface area contributed by atoms with Crippen LogP contribution in [0, 0.1) is 0 Å². The van der Waals surface area contributed by atoms with E-state index in [0.29, 0.717) is 28.8 Å². The molecular weight excluding hydrogens is 290 g/mol. The Morgan fingerprint density at radius 2 is 2.05 bits per heavy atom. The molecule has 1 aromatic carbocycles. The highest BCUT2D eigenvalue weighted by Crippen LogP contribution is 2.26. The molecule has 0 radical (unpaired) electrons. The van der Waals surface area contributed by atoms with E-state index in [1.54, 1.807) is 18.2 Å². The predicted octanol–water partition coefficient (Wildman–Crippen LogP) is 1.48. The van der Waals surface area contributed by atoms with E-state index in [2.05, 4.69) is 14.9 Å². The second kappa shape index (κ2) is 5.68. The molecule has 1 N–H and O–H groups in total. The van der Waals surface area contributed by atoms with E-state index in [-0.39, 0.29) is 6.54 Å². The van der Waals surface area contributed by atoms with Gasteiger partial charge in [0.05, 0.1) is 16.8 Å². The standard InChI is InChI=1S/C11H12ClN3O3S/c1-19(16,17)13-7-6-10-14-15-11(18-10)8-4-2-3-5-9(8)12/h2-5,13H,6-7H2,1H3. The zero-order chi connectivity index (χ0) is 13.9. The minimum Gasteiger partial charge on any atom is -0.421 e. The Morgan fingerprint density at radius 3 is 2.74 bits per heavy atom. The van der Waals surface area contributed by atoms with E-state index in [1.165, 1.54) is 0 Å². The van der Waals surface area contributed by atoms with Crippen molar-refractivity contribution in [3.8, 4) is 11.5 Å². The number of sulfonamides is 1. The quantitative estimate of drug-likeness (QED) is 0.904. The SMILES string of the molecule is CS(=O)(=O)NCCc1nnc(-c2ccccc2Cl)o1. The molecule has 0 aliphatic heterocycles. The average Bonchev–Trinajstić information content (AvgIpc) is 2.76. The first-order valence-corrected chi connectivity index (χ1v) is 7.74. The van der Waals surface area contributed by atoms with Gasteiger partial charge in [-0.15, -0.1) is 10.2 Å². The highest BCUT2D eigenvalue weighted by Gasteiger charge is 2.11. The molecule has 1 aromatic heterocycles. The van der Waals surface area contributed by atoms with Crippen molar-refractivity contribution in [3.63, 3.8) is 0 Å². The molecular formula is C11H12ClN3O3S. The van der Waals surface area contributed by atoms with E-state index in [1.807, 2.05) is 6.07 Å². The molecule has 0 saturated heterocycles. The Balaban J connectivity index is 2.06. The van der Waals surface area contributed by atoms with E-state index >= 15 is 0 Å². The fourth-order valence-electron chi connectivity index (χ4n) is 1.44. The minimum absolute atomic E-state index is 0.211. The van der Waals surface area contributed by atoms with Gasteiger partial charge >= 0.3 is 0 Å². The summed E-state index contributed by atoms with van der Waals surface area (Å²) in [5.74, 6) is 0.672. The third kappa shape index (κ3) is 4.02. The van der Waals surface area contributed by atoms with E-state index in [9.17, 15) is 8.42 Å². The monoisotopic (exact) mass is 301 g/mol. The summed E-state index contributed by atoms with van der Waals surface area (Å²) in [5, 5.41) is 8.25. The number of nitrogens with zero attached hydrogens (tertiary/aromatic N) is 2. The number of hydrogen-bond donors (Lipinski definition) is 1. The van der Waals surface area contributed by atoms with Crippen molar-refractivity contribution < 1.29 is 12.8 Å². The van der Waals surface area contributed by atoms with Crippen LogP contribution in [-0.2, 0) is 16.4 Å². The zero-order valence-electron chi connectivity index (χ0n) is 10.1. The van der Waals surface area contributed by atoms with Gasteiger partial charge in [0.1, 0.15) is 0 Å². The number of hydrogen-bond acceptors (Lipinski definition) is 5. The Kier molecular flexibility index (Phi) is 4.18. The summed E-state index contributed by atoms with van der Waals surface area (Å²) >= 11 is 6.01. The van der Waals surface area contributed by atoms with Gasteiger partial charge in [-0.3, -0.25) is 0 Å². The number of benzene rings is 1. The normalized spacial score (nSPS) is 11.7. The molecule has 0 atom stereocenters. The molecule has 0 aliphatic rings. The zero-order valence-corrected chi connectivity index (χ0v) is 11.7. The molecule has 6 nitrogen and oxygen atoms in total. The molecule has 0 unspecified atom stereocenters. The van der Waals surface area contributed by atoms with Gasteiger partial charge in [-0.25, -0.2) is 13.1 Å². The summed E-state index contributed by atoms with van der Waals surface area (Å²) in [6.07, 6.45) is 1.42. The lowest BCUT2D eigenvalue weighted by atomic mass is 10.2. The Labute approximate surface area is 115 Å². The molecule has 0 amide bonds. The fourth-order valence-corrected chi connectivity index (χ4v) is 2.13.